The third-order valence-corrected chi connectivity index (χ3v) is 3.95. The average Bonchev–Trinajstić information content (AvgIpc) is 2.52. The number of hydrogen-bond donors (Lipinski definition) is 1. The monoisotopic (exact) mass is 262 g/mol. The van der Waals surface area contributed by atoms with Gasteiger partial charge in [-0.25, -0.2) is 0 Å². The van der Waals surface area contributed by atoms with Crippen LogP contribution in [-0.4, -0.2) is 11.1 Å². The zero-order chi connectivity index (χ0) is 12.1. The summed E-state index contributed by atoms with van der Waals surface area (Å²) in [6, 6.07) is 1.92. The van der Waals surface area contributed by atoms with Crippen LogP contribution in [0.4, 0.5) is 0 Å². The minimum atomic E-state index is 0.612. The van der Waals surface area contributed by atoms with Gasteiger partial charge in [0.05, 0.1) is 5.02 Å². The number of nitrogens with one attached hydrogen (secondary N) is 1. The summed E-state index contributed by atoms with van der Waals surface area (Å²) in [6.07, 6.45) is 2.44. The van der Waals surface area contributed by atoms with E-state index in [1.807, 2.05) is 17.7 Å². The Kier molecular flexibility index (Phi) is 5.67. The van der Waals surface area contributed by atoms with Crippen LogP contribution in [0.25, 0.3) is 0 Å². The molecule has 0 atom stereocenters. The van der Waals surface area contributed by atoms with Gasteiger partial charge in [-0.15, -0.1) is 0 Å². The Morgan fingerprint density at radius 3 is 2.38 bits per heavy atom. The number of rotatable bonds is 6. The van der Waals surface area contributed by atoms with E-state index in [2.05, 4.69) is 19.2 Å². The Balaban J connectivity index is 2.46. The maximum Gasteiger partial charge on any atom is 0.127 e. The van der Waals surface area contributed by atoms with E-state index in [1.54, 1.807) is 0 Å². The molecule has 0 aromatic carbocycles. The molecule has 1 aromatic rings. The zero-order valence-electron chi connectivity index (χ0n) is 10.2. The molecule has 1 N–H and O–H groups in total. The van der Waals surface area contributed by atoms with E-state index in [0.29, 0.717) is 10.2 Å². The van der Waals surface area contributed by atoms with Crippen LogP contribution in [0.5, 0.6) is 0 Å². The van der Waals surface area contributed by atoms with Crippen molar-refractivity contribution in [1.29, 1.82) is 0 Å². The number of aromatic nitrogens is 1. The molecule has 0 amide bonds. The molecule has 0 spiro atoms. The molecule has 0 aliphatic rings. The molecule has 2 nitrogen and oxygen atoms in total. The summed E-state index contributed by atoms with van der Waals surface area (Å²) in [6.45, 7) is 6.32. The molecule has 0 saturated heterocycles. The van der Waals surface area contributed by atoms with Gasteiger partial charge in [0.15, 0.2) is 0 Å². The second-order valence-electron chi connectivity index (χ2n) is 4.15. The van der Waals surface area contributed by atoms with Crippen molar-refractivity contribution in [3.63, 3.8) is 0 Å². The Labute approximate surface area is 108 Å². The third-order valence-electron chi connectivity index (χ3n) is 3.11. The SMILES string of the molecule is CCC(CC)CNCc1cc(Cl)c(Cl)n1C. The van der Waals surface area contributed by atoms with Crippen LogP contribution in [0.3, 0.4) is 0 Å². The summed E-state index contributed by atoms with van der Waals surface area (Å²) in [5.74, 6) is 0.756. The molecule has 1 rings (SSSR count). The first-order valence-electron chi connectivity index (χ1n) is 5.80. The molecular weight excluding hydrogens is 243 g/mol. The van der Waals surface area contributed by atoms with Gasteiger partial charge in [-0.3, -0.25) is 0 Å². The predicted molar refractivity (Wildman–Crippen MR) is 71.2 cm³/mol. The van der Waals surface area contributed by atoms with Crippen LogP contribution in [-0.2, 0) is 13.6 Å². The Bertz CT molecular complexity index is 330. The van der Waals surface area contributed by atoms with E-state index in [4.69, 9.17) is 23.2 Å². The van der Waals surface area contributed by atoms with Gasteiger partial charge in [-0.2, -0.15) is 0 Å². The number of nitrogens with zero attached hydrogens (tertiary/aromatic N) is 1. The zero-order valence-corrected chi connectivity index (χ0v) is 11.7. The molecule has 4 heteroatoms. The second kappa shape index (κ2) is 6.53. The van der Waals surface area contributed by atoms with Crippen molar-refractivity contribution in [2.45, 2.75) is 33.2 Å². The van der Waals surface area contributed by atoms with E-state index in [1.165, 1.54) is 12.8 Å². The summed E-state index contributed by atoms with van der Waals surface area (Å²) in [7, 11) is 1.93. The molecule has 0 saturated carbocycles. The lowest BCUT2D eigenvalue weighted by Crippen LogP contribution is -2.22. The highest BCUT2D eigenvalue weighted by atomic mass is 35.5. The normalized spacial score (nSPS) is 11.4. The predicted octanol–water partition coefficient (Wildman–Crippen LogP) is 3.86. The van der Waals surface area contributed by atoms with Gasteiger partial charge in [-0.1, -0.05) is 49.9 Å². The van der Waals surface area contributed by atoms with Gasteiger partial charge >= 0.3 is 0 Å². The van der Waals surface area contributed by atoms with Gasteiger partial charge in [-0.05, 0) is 18.5 Å². The molecule has 0 unspecified atom stereocenters. The van der Waals surface area contributed by atoms with E-state index in [9.17, 15) is 0 Å². The fourth-order valence-electron chi connectivity index (χ4n) is 1.74. The highest BCUT2D eigenvalue weighted by Gasteiger charge is 2.09. The molecule has 1 heterocycles. The Hall–Kier alpha value is -0.180. The second-order valence-corrected chi connectivity index (χ2v) is 4.91. The van der Waals surface area contributed by atoms with Crippen LogP contribution >= 0.6 is 23.2 Å². The first-order valence-corrected chi connectivity index (χ1v) is 6.56. The first kappa shape index (κ1) is 13.9. The first-order chi connectivity index (χ1) is 7.60. The standard InChI is InChI=1S/C12H20Cl2N2/c1-4-9(5-2)7-15-8-10-6-11(13)12(14)16(10)3/h6,9,15H,4-5,7-8H2,1-3H3. The largest absolute Gasteiger partial charge is 0.336 e. The van der Waals surface area contributed by atoms with Crippen molar-refractivity contribution in [2.24, 2.45) is 13.0 Å². The van der Waals surface area contributed by atoms with E-state index < -0.39 is 0 Å². The summed E-state index contributed by atoms with van der Waals surface area (Å²) in [5, 5.41) is 4.69. The van der Waals surface area contributed by atoms with Crippen LogP contribution in [0.15, 0.2) is 6.07 Å². The van der Waals surface area contributed by atoms with Crippen molar-refractivity contribution in [3.05, 3.63) is 21.9 Å². The molecule has 92 valence electrons. The van der Waals surface area contributed by atoms with Gasteiger partial charge in [0.1, 0.15) is 5.15 Å². The van der Waals surface area contributed by atoms with Crippen LogP contribution in [0, 0.1) is 5.92 Å². The highest BCUT2D eigenvalue weighted by Crippen LogP contribution is 2.24. The van der Waals surface area contributed by atoms with E-state index >= 15 is 0 Å². The third kappa shape index (κ3) is 3.41. The van der Waals surface area contributed by atoms with Crippen LogP contribution in [0.1, 0.15) is 32.4 Å². The minimum absolute atomic E-state index is 0.612. The van der Waals surface area contributed by atoms with Gasteiger partial charge in [0.25, 0.3) is 0 Å². The molecule has 0 aliphatic carbocycles. The lowest BCUT2D eigenvalue weighted by molar-refractivity contribution is 0.446. The fourth-order valence-corrected chi connectivity index (χ4v) is 2.16. The van der Waals surface area contributed by atoms with Gasteiger partial charge in [0, 0.05) is 19.3 Å². The van der Waals surface area contributed by atoms with Crippen molar-refractivity contribution >= 4 is 23.2 Å². The van der Waals surface area contributed by atoms with Crippen LogP contribution < -0.4 is 5.32 Å². The Morgan fingerprint density at radius 1 is 1.31 bits per heavy atom. The average molecular weight is 263 g/mol. The fraction of sp³-hybridized carbons (Fsp3) is 0.667. The van der Waals surface area contributed by atoms with Crippen molar-refractivity contribution in [2.75, 3.05) is 6.54 Å². The summed E-state index contributed by atoms with van der Waals surface area (Å²) in [4.78, 5) is 0. The van der Waals surface area contributed by atoms with Crippen LogP contribution in [0.2, 0.25) is 10.2 Å². The van der Waals surface area contributed by atoms with Crippen molar-refractivity contribution in [3.8, 4) is 0 Å². The summed E-state index contributed by atoms with van der Waals surface area (Å²) in [5.41, 5.74) is 1.13. The Morgan fingerprint density at radius 2 is 1.94 bits per heavy atom. The topological polar surface area (TPSA) is 17.0 Å². The lowest BCUT2D eigenvalue weighted by atomic mass is 10.0. The highest BCUT2D eigenvalue weighted by molar-refractivity contribution is 6.41. The molecular formula is C12H20Cl2N2. The number of hydrogen-bond acceptors (Lipinski definition) is 1. The minimum Gasteiger partial charge on any atom is -0.336 e. The summed E-state index contributed by atoms with van der Waals surface area (Å²) >= 11 is 11.9. The molecule has 0 radical (unpaired) electrons. The summed E-state index contributed by atoms with van der Waals surface area (Å²) < 4.78 is 1.92. The van der Waals surface area contributed by atoms with Crippen molar-refractivity contribution in [1.82, 2.24) is 9.88 Å². The van der Waals surface area contributed by atoms with E-state index in [-0.39, 0.29) is 0 Å². The molecule has 0 fully saturated rings. The molecule has 16 heavy (non-hydrogen) atoms. The number of halogens is 2. The van der Waals surface area contributed by atoms with Gasteiger partial charge < -0.3 is 9.88 Å². The molecule has 1 aromatic heterocycles. The lowest BCUT2D eigenvalue weighted by Gasteiger charge is -2.13. The quantitative estimate of drug-likeness (QED) is 0.824. The van der Waals surface area contributed by atoms with Crippen molar-refractivity contribution < 1.29 is 0 Å². The molecule has 0 bridgehead atoms. The van der Waals surface area contributed by atoms with E-state index in [0.717, 1.165) is 24.7 Å². The maximum absolute atomic E-state index is 6.00. The molecule has 0 aliphatic heterocycles. The van der Waals surface area contributed by atoms with Gasteiger partial charge in [0.2, 0.25) is 0 Å². The smallest absolute Gasteiger partial charge is 0.127 e. The maximum atomic E-state index is 6.00.